The Kier molecular flexibility index (Phi) is 16.2. The van der Waals surface area contributed by atoms with E-state index in [0.29, 0.717) is 0 Å². The molecule has 0 heterocycles. The van der Waals surface area contributed by atoms with Crippen LogP contribution in [0, 0.1) is 0 Å². The summed E-state index contributed by atoms with van der Waals surface area (Å²) in [4.78, 5) is 0. The summed E-state index contributed by atoms with van der Waals surface area (Å²) >= 11 is 0. The molecule has 125 valence electrons. The quantitative estimate of drug-likeness (QED) is 0.253. The Morgan fingerprint density at radius 2 is 0.476 bits per heavy atom. The second-order valence-corrected chi connectivity index (χ2v) is 19.4. The minimum atomic E-state index is -2.89. The summed E-state index contributed by atoms with van der Waals surface area (Å²) in [7, 11) is 17.1. The Bertz CT molecular complexity index is 255. The molecular formula is C16H24Cl4Rh. The number of hydrogen-bond acceptors (Lipinski definition) is 0. The molecule has 0 spiro atoms. The number of halogens is 4. The molecule has 2 aliphatic carbocycles. The van der Waals surface area contributed by atoms with Crippen LogP contribution in [0.25, 0.3) is 0 Å². The fourth-order valence-corrected chi connectivity index (χ4v) is 1.71. The molecule has 0 atom stereocenters. The molecule has 2 rings (SSSR count). The van der Waals surface area contributed by atoms with E-state index >= 15 is 0 Å². The molecule has 0 aromatic carbocycles. The van der Waals surface area contributed by atoms with E-state index in [1.165, 1.54) is 51.4 Å². The fourth-order valence-electron chi connectivity index (χ4n) is 1.71. The van der Waals surface area contributed by atoms with Gasteiger partial charge in [0.15, 0.2) is 0 Å². The van der Waals surface area contributed by atoms with Crippen LogP contribution in [-0.4, -0.2) is 0 Å². The zero-order valence-corrected chi connectivity index (χ0v) is 16.8. The first-order chi connectivity index (χ1) is 10.0. The average Bonchev–Trinajstić information content (AvgIpc) is 2.24. The summed E-state index contributed by atoms with van der Waals surface area (Å²) in [5, 5.41) is 0. The summed E-state index contributed by atoms with van der Waals surface area (Å²) in [6, 6.07) is 0. The molecule has 2 aliphatic rings. The molecule has 0 radical (unpaired) electrons. The Morgan fingerprint density at radius 1 is 0.381 bits per heavy atom. The molecule has 0 saturated carbocycles. The summed E-state index contributed by atoms with van der Waals surface area (Å²) in [5.74, 6) is 0. The van der Waals surface area contributed by atoms with Crippen LogP contribution in [0.1, 0.15) is 51.4 Å². The van der Waals surface area contributed by atoms with Gasteiger partial charge in [0, 0.05) is 0 Å². The zero-order chi connectivity index (χ0) is 15.8. The van der Waals surface area contributed by atoms with Gasteiger partial charge in [-0.2, -0.15) is 0 Å². The molecule has 0 nitrogen and oxygen atoms in total. The van der Waals surface area contributed by atoms with E-state index in [2.05, 4.69) is 48.6 Å². The summed E-state index contributed by atoms with van der Waals surface area (Å²) in [5.41, 5.74) is 0. The van der Waals surface area contributed by atoms with Crippen molar-refractivity contribution < 1.29 is 10.8 Å². The Hall–Kier alpha value is 0.743. The topological polar surface area (TPSA) is 0 Å². The van der Waals surface area contributed by atoms with Crippen molar-refractivity contribution in [2.24, 2.45) is 0 Å². The summed E-state index contributed by atoms with van der Waals surface area (Å²) in [6.45, 7) is 0. The van der Waals surface area contributed by atoms with Crippen molar-refractivity contribution in [1.82, 2.24) is 0 Å². The van der Waals surface area contributed by atoms with Crippen LogP contribution in [-0.2, 0) is 10.8 Å². The van der Waals surface area contributed by atoms with Crippen LogP contribution in [0.5, 0.6) is 0 Å². The third-order valence-electron chi connectivity index (χ3n) is 2.67. The van der Waals surface area contributed by atoms with E-state index in [1.807, 2.05) is 0 Å². The predicted octanol–water partition coefficient (Wildman–Crippen LogP) is 8.10. The molecule has 0 unspecified atom stereocenters. The molecular weight excluding hydrogens is 437 g/mol. The monoisotopic (exact) mass is 459 g/mol. The van der Waals surface area contributed by atoms with Crippen LogP contribution in [0.15, 0.2) is 48.6 Å². The van der Waals surface area contributed by atoms with Gasteiger partial charge in [-0.05, 0) is 51.4 Å². The number of allylic oxidation sites excluding steroid dienone is 8. The van der Waals surface area contributed by atoms with Gasteiger partial charge >= 0.3 is 49.6 Å². The standard InChI is InChI=1S/2C8H12.4ClH.Rh/c2*1-2-4-6-8-7-5-3-1;;;;;/h2*1-2,7-8H,3-6H2;4*1H;/q;;;;;;+4/p-4. The van der Waals surface area contributed by atoms with E-state index in [0.717, 1.165) is 0 Å². The van der Waals surface area contributed by atoms with Gasteiger partial charge in [-0.25, -0.2) is 0 Å². The molecule has 5 heteroatoms. The van der Waals surface area contributed by atoms with Crippen molar-refractivity contribution in [2.75, 3.05) is 0 Å². The van der Waals surface area contributed by atoms with Crippen LogP contribution in [0.3, 0.4) is 0 Å². The Labute approximate surface area is 148 Å². The van der Waals surface area contributed by atoms with Crippen LogP contribution in [0.2, 0.25) is 0 Å². The third-order valence-corrected chi connectivity index (χ3v) is 2.67. The second-order valence-electron chi connectivity index (χ2n) is 4.48. The molecule has 0 aliphatic heterocycles. The Balaban J connectivity index is 0.000000296. The average molecular weight is 461 g/mol. The zero-order valence-electron chi connectivity index (χ0n) is 12.1. The molecule has 0 saturated heterocycles. The van der Waals surface area contributed by atoms with E-state index < -0.39 is 10.8 Å². The van der Waals surface area contributed by atoms with Gasteiger partial charge in [-0.1, -0.05) is 48.6 Å². The van der Waals surface area contributed by atoms with Crippen molar-refractivity contribution >= 4 is 38.8 Å². The van der Waals surface area contributed by atoms with E-state index in [1.54, 1.807) is 0 Å². The first kappa shape index (κ1) is 21.7. The number of rotatable bonds is 0. The van der Waals surface area contributed by atoms with Gasteiger partial charge in [-0.3, -0.25) is 0 Å². The molecule has 0 amide bonds. The van der Waals surface area contributed by atoms with Crippen molar-refractivity contribution in [3.8, 4) is 0 Å². The van der Waals surface area contributed by atoms with Crippen molar-refractivity contribution in [1.29, 1.82) is 0 Å². The molecule has 0 fully saturated rings. The van der Waals surface area contributed by atoms with Crippen molar-refractivity contribution in [2.45, 2.75) is 51.4 Å². The molecule has 0 aromatic rings. The number of hydrogen-bond donors (Lipinski definition) is 0. The summed E-state index contributed by atoms with van der Waals surface area (Å²) < 4.78 is 0. The molecule has 0 aromatic heterocycles. The maximum absolute atomic E-state index is 4.99. The maximum atomic E-state index is 4.99. The van der Waals surface area contributed by atoms with Crippen LogP contribution < -0.4 is 0 Å². The van der Waals surface area contributed by atoms with Gasteiger partial charge in [0.25, 0.3) is 0 Å². The first-order valence-electron chi connectivity index (χ1n) is 7.10. The second kappa shape index (κ2) is 15.6. The minimum absolute atomic E-state index is 1.23. The van der Waals surface area contributed by atoms with E-state index in [-0.39, 0.29) is 0 Å². The fraction of sp³-hybridized carbons (Fsp3) is 0.500. The van der Waals surface area contributed by atoms with E-state index in [9.17, 15) is 0 Å². The van der Waals surface area contributed by atoms with E-state index in [4.69, 9.17) is 38.8 Å². The van der Waals surface area contributed by atoms with Crippen molar-refractivity contribution in [3.05, 3.63) is 48.6 Å². The molecule has 0 N–H and O–H groups in total. The van der Waals surface area contributed by atoms with Gasteiger partial charge in [0.1, 0.15) is 0 Å². The predicted molar refractivity (Wildman–Crippen MR) is 96.9 cm³/mol. The van der Waals surface area contributed by atoms with Gasteiger partial charge in [0.2, 0.25) is 0 Å². The van der Waals surface area contributed by atoms with Gasteiger partial charge in [-0.15, -0.1) is 0 Å². The van der Waals surface area contributed by atoms with Crippen LogP contribution in [0.4, 0.5) is 0 Å². The normalized spacial score (nSPS) is 18.9. The SMILES string of the molecule is C1=CCCC=CCC1.C1=CCCC=CCC1.[Cl][Rh]([Cl])([Cl])[Cl]. The summed E-state index contributed by atoms with van der Waals surface area (Å²) in [6.07, 6.45) is 28.0. The van der Waals surface area contributed by atoms with Crippen molar-refractivity contribution in [3.63, 3.8) is 0 Å². The molecule has 21 heavy (non-hydrogen) atoms. The first-order valence-corrected chi connectivity index (χ1v) is 15.5. The third kappa shape index (κ3) is 26.0. The molecule has 0 bridgehead atoms. The Morgan fingerprint density at radius 3 is 0.571 bits per heavy atom. The van der Waals surface area contributed by atoms with Gasteiger partial charge < -0.3 is 0 Å². The van der Waals surface area contributed by atoms with Gasteiger partial charge in [0.05, 0.1) is 0 Å². The van der Waals surface area contributed by atoms with Crippen LogP contribution >= 0.6 is 38.8 Å².